The van der Waals surface area contributed by atoms with Crippen LogP contribution in [0.25, 0.3) is 0 Å². The van der Waals surface area contributed by atoms with E-state index < -0.39 is 6.04 Å². The number of likely N-dealkylation sites (tertiary alicyclic amines) is 1. The Morgan fingerprint density at radius 2 is 2.29 bits per heavy atom. The number of nitrogens with zero attached hydrogens (tertiary/aromatic N) is 1. The van der Waals surface area contributed by atoms with Gasteiger partial charge in [-0.25, -0.2) is 0 Å². The molecule has 82 valence electrons. The Morgan fingerprint density at radius 1 is 1.57 bits per heavy atom. The molecular formula is C10H21N3O. The van der Waals surface area contributed by atoms with Crippen molar-refractivity contribution in [1.29, 1.82) is 0 Å². The lowest BCUT2D eigenvalue weighted by Gasteiger charge is -2.32. The third-order valence-electron chi connectivity index (χ3n) is 3.10. The number of hydrogen-bond acceptors (Lipinski definition) is 3. The van der Waals surface area contributed by atoms with Crippen LogP contribution in [0.3, 0.4) is 0 Å². The molecule has 2 atom stereocenters. The molecule has 14 heavy (non-hydrogen) atoms. The summed E-state index contributed by atoms with van der Waals surface area (Å²) in [5, 5.41) is 0. The SMILES string of the molecule is CN1CCCCC1CCC(N)C(N)=O. The minimum absolute atomic E-state index is 0.386. The number of carbonyl (C=O) groups is 1. The van der Waals surface area contributed by atoms with Crippen LogP contribution in [0.1, 0.15) is 32.1 Å². The molecule has 0 aromatic rings. The quantitative estimate of drug-likeness (QED) is 0.672. The average molecular weight is 199 g/mol. The highest BCUT2D eigenvalue weighted by atomic mass is 16.1. The molecule has 2 unspecified atom stereocenters. The highest BCUT2D eigenvalue weighted by Crippen LogP contribution is 2.19. The van der Waals surface area contributed by atoms with Gasteiger partial charge in [-0.2, -0.15) is 0 Å². The molecule has 0 aromatic carbocycles. The lowest BCUT2D eigenvalue weighted by Crippen LogP contribution is -2.40. The zero-order valence-electron chi connectivity index (χ0n) is 8.91. The van der Waals surface area contributed by atoms with E-state index in [0.29, 0.717) is 12.5 Å². The van der Waals surface area contributed by atoms with E-state index in [4.69, 9.17) is 11.5 Å². The Kier molecular flexibility index (Phi) is 4.35. The molecule has 1 saturated heterocycles. The second kappa shape index (κ2) is 5.32. The van der Waals surface area contributed by atoms with E-state index >= 15 is 0 Å². The van der Waals surface area contributed by atoms with Gasteiger partial charge in [0.25, 0.3) is 0 Å². The summed E-state index contributed by atoms with van der Waals surface area (Å²) >= 11 is 0. The first-order valence-corrected chi connectivity index (χ1v) is 5.36. The predicted octanol–water partition coefficient (Wildman–Crippen LogP) is 0.0635. The topological polar surface area (TPSA) is 72.3 Å². The van der Waals surface area contributed by atoms with Crippen molar-refractivity contribution in [2.24, 2.45) is 11.5 Å². The summed E-state index contributed by atoms with van der Waals surface area (Å²) in [6, 6.07) is 0.125. The number of piperidine rings is 1. The fraction of sp³-hybridized carbons (Fsp3) is 0.900. The molecular weight excluding hydrogens is 178 g/mol. The van der Waals surface area contributed by atoms with Crippen molar-refractivity contribution in [2.45, 2.75) is 44.2 Å². The van der Waals surface area contributed by atoms with Crippen LogP contribution >= 0.6 is 0 Å². The van der Waals surface area contributed by atoms with Gasteiger partial charge in [0, 0.05) is 6.04 Å². The van der Waals surface area contributed by atoms with Gasteiger partial charge in [0.2, 0.25) is 5.91 Å². The lowest BCUT2D eigenvalue weighted by molar-refractivity contribution is -0.119. The number of amides is 1. The van der Waals surface area contributed by atoms with E-state index in [1.54, 1.807) is 0 Å². The molecule has 0 aromatic heterocycles. The lowest BCUT2D eigenvalue weighted by atomic mass is 9.97. The second-order valence-electron chi connectivity index (χ2n) is 4.22. The van der Waals surface area contributed by atoms with Crippen LogP contribution in [0.5, 0.6) is 0 Å². The summed E-state index contributed by atoms with van der Waals surface area (Å²) in [5.74, 6) is -0.386. The van der Waals surface area contributed by atoms with Crippen LogP contribution in [0.4, 0.5) is 0 Å². The molecule has 1 rings (SSSR count). The minimum Gasteiger partial charge on any atom is -0.368 e. The van der Waals surface area contributed by atoms with Gasteiger partial charge in [-0.15, -0.1) is 0 Å². The Hall–Kier alpha value is -0.610. The van der Waals surface area contributed by atoms with Crippen LogP contribution in [0, 0.1) is 0 Å². The van der Waals surface area contributed by atoms with Crippen molar-refractivity contribution in [3.63, 3.8) is 0 Å². The van der Waals surface area contributed by atoms with Crippen LogP contribution in [0.15, 0.2) is 0 Å². The fourth-order valence-corrected chi connectivity index (χ4v) is 2.02. The minimum atomic E-state index is -0.467. The number of nitrogens with two attached hydrogens (primary N) is 2. The maximum absolute atomic E-state index is 10.7. The normalized spacial score (nSPS) is 26.0. The summed E-state index contributed by atoms with van der Waals surface area (Å²) in [4.78, 5) is 13.1. The summed E-state index contributed by atoms with van der Waals surface area (Å²) < 4.78 is 0. The van der Waals surface area contributed by atoms with E-state index in [0.717, 1.165) is 13.0 Å². The Morgan fingerprint density at radius 3 is 2.86 bits per heavy atom. The molecule has 1 amide bonds. The summed E-state index contributed by atoms with van der Waals surface area (Å²) in [6.07, 6.45) is 5.50. The Balaban J connectivity index is 2.25. The van der Waals surface area contributed by atoms with E-state index in [1.807, 2.05) is 0 Å². The van der Waals surface area contributed by atoms with Gasteiger partial charge in [-0.1, -0.05) is 6.42 Å². The standard InChI is InChI=1S/C10H21N3O/c1-13-7-3-2-4-8(13)5-6-9(11)10(12)14/h8-9H,2-7,11H2,1H3,(H2,12,14). The number of carbonyl (C=O) groups excluding carboxylic acids is 1. The van der Waals surface area contributed by atoms with Crippen LogP contribution in [0.2, 0.25) is 0 Å². The zero-order chi connectivity index (χ0) is 10.6. The van der Waals surface area contributed by atoms with Gasteiger partial charge in [-0.3, -0.25) is 4.79 Å². The molecule has 4 nitrogen and oxygen atoms in total. The molecule has 0 saturated carbocycles. The molecule has 0 bridgehead atoms. The molecule has 0 spiro atoms. The van der Waals surface area contributed by atoms with Crippen LogP contribution < -0.4 is 11.5 Å². The van der Waals surface area contributed by atoms with E-state index in [2.05, 4.69) is 11.9 Å². The first kappa shape index (κ1) is 11.5. The molecule has 1 fully saturated rings. The van der Waals surface area contributed by atoms with Gasteiger partial charge >= 0.3 is 0 Å². The molecule has 0 aliphatic carbocycles. The van der Waals surface area contributed by atoms with Crippen LogP contribution in [-0.4, -0.2) is 36.5 Å². The monoisotopic (exact) mass is 199 g/mol. The molecule has 0 radical (unpaired) electrons. The predicted molar refractivity (Wildman–Crippen MR) is 56.7 cm³/mol. The van der Waals surface area contributed by atoms with Crippen molar-refractivity contribution in [3.05, 3.63) is 0 Å². The van der Waals surface area contributed by atoms with Gasteiger partial charge in [-0.05, 0) is 39.3 Å². The van der Waals surface area contributed by atoms with E-state index in [9.17, 15) is 4.79 Å². The van der Waals surface area contributed by atoms with Gasteiger partial charge in [0.15, 0.2) is 0 Å². The number of primary amides is 1. The molecule has 1 aliphatic rings. The van der Waals surface area contributed by atoms with Gasteiger partial charge in [0.1, 0.15) is 0 Å². The van der Waals surface area contributed by atoms with Crippen molar-refractivity contribution in [2.75, 3.05) is 13.6 Å². The maximum atomic E-state index is 10.7. The summed E-state index contributed by atoms with van der Waals surface area (Å²) in [5.41, 5.74) is 10.7. The Labute approximate surface area is 85.6 Å². The second-order valence-corrected chi connectivity index (χ2v) is 4.22. The number of hydrogen-bond donors (Lipinski definition) is 2. The highest BCUT2D eigenvalue weighted by molar-refractivity contribution is 5.79. The van der Waals surface area contributed by atoms with E-state index in [1.165, 1.54) is 19.3 Å². The summed E-state index contributed by atoms with van der Waals surface area (Å²) in [7, 11) is 2.14. The van der Waals surface area contributed by atoms with Gasteiger partial charge < -0.3 is 16.4 Å². The average Bonchev–Trinajstić information content (AvgIpc) is 2.16. The van der Waals surface area contributed by atoms with Crippen molar-refractivity contribution in [1.82, 2.24) is 4.90 Å². The molecule has 1 aliphatic heterocycles. The molecule has 4 N–H and O–H groups in total. The first-order chi connectivity index (χ1) is 6.61. The Bertz CT molecular complexity index is 196. The maximum Gasteiger partial charge on any atom is 0.234 e. The molecule has 1 heterocycles. The summed E-state index contributed by atoms with van der Waals surface area (Å²) in [6.45, 7) is 1.16. The van der Waals surface area contributed by atoms with Gasteiger partial charge in [0.05, 0.1) is 6.04 Å². The highest BCUT2D eigenvalue weighted by Gasteiger charge is 2.20. The zero-order valence-corrected chi connectivity index (χ0v) is 8.91. The third-order valence-corrected chi connectivity index (χ3v) is 3.10. The number of rotatable bonds is 4. The largest absolute Gasteiger partial charge is 0.368 e. The smallest absolute Gasteiger partial charge is 0.234 e. The van der Waals surface area contributed by atoms with Crippen molar-refractivity contribution in [3.8, 4) is 0 Å². The molecule has 4 heteroatoms. The van der Waals surface area contributed by atoms with Crippen LogP contribution in [-0.2, 0) is 4.79 Å². The first-order valence-electron chi connectivity index (χ1n) is 5.36. The fourth-order valence-electron chi connectivity index (χ4n) is 2.02. The third kappa shape index (κ3) is 3.27. The van der Waals surface area contributed by atoms with Crippen molar-refractivity contribution >= 4 is 5.91 Å². The van der Waals surface area contributed by atoms with Crippen molar-refractivity contribution < 1.29 is 4.79 Å². The van der Waals surface area contributed by atoms with E-state index in [-0.39, 0.29) is 5.91 Å².